The van der Waals surface area contributed by atoms with Crippen LogP contribution in [0.25, 0.3) is 0 Å². The van der Waals surface area contributed by atoms with E-state index in [0.29, 0.717) is 12.5 Å². The molecule has 0 aliphatic rings. The van der Waals surface area contributed by atoms with Gasteiger partial charge in [-0.3, -0.25) is 0 Å². The van der Waals surface area contributed by atoms with E-state index in [1.54, 1.807) is 0 Å². The molecule has 0 saturated carbocycles. The number of aromatic nitrogens is 2. The number of imidazole rings is 1. The summed E-state index contributed by atoms with van der Waals surface area (Å²) in [5.74, 6) is 2.58. The summed E-state index contributed by atoms with van der Waals surface area (Å²) in [5, 5.41) is 3.51. The topological polar surface area (TPSA) is 39.1 Å². The minimum atomic E-state index is 0.563. The maximum atomic E-state index is 5.52. The first-order valence-corrected chi connectivity index (χ1v) is 7.59. The largest absolute Gasteiger partial charge is 0.494 e. The van der Waals surface area contributed by atoms with Crippen molar-refractivity contribution < 1.29 is 4.74 Å². The minimum Gasteiger partial charge on any atom is -0.494 e. The highest BCUT2D eigenvalue weighted by atomic mass is 16.5. The van der Waals surface area contributed by atoms with Crippen molar-refractivity contribution in [3.05, 3.63) is 48.0 Å². The Hall–Kier alpha value is -1.81. The second kappa shape index (κ2) is 7.84. The van der Waals surface area contributed by atoms with Crippen LogP contribution in [0.4, 0.5) is 0 Å². The molecule has 2 aromatic rings. The number of nitrogens with zero attached hydrogens (tertiary/aromatic N) is 2. The Morgan fingerprint density at radius 2 is 2.24 bits per heavy atom. The number of ether oxygens (including phenoxy) is 1. The number of aryl methyl sites for hydroxylation is 1. The van der Waals surface area contributed by atoms with Gasteiger partial charge in [0.2, 0.25) is 0 Å². The molecule has 0 radical (unpaired) electrons. The molecule has 1 unspecified atom stereocenters. The molecule has 0 bridgehead atoms. The predicted molar refractivity (Wildman–Crippen MR) is 85.4 cm³/mol. The van der Waals surface area contributed by atoms with E-state index in [2.05, 4.69) is 33.9 Å². The number of hydrogen-bond acceptors (Lipinski definition) is 3. The molecule has 1 aromatic heterocycles. The van der Waals surface area contributed by atoms with Crippen LogP contribution >= 0.6 is 0 Å². The van der Waals surface area contributed by atoms with Gasteiger partial charge in [-0.25, -0.2) is 4.98 Å². The van der Waals surface area contributed by atoms with Crippen LogP contribution in [-0.2, 0) is 13.1 Å². The van der Waals surface area contributed by atoms with Crippen molar-refractivity contribution in [1.29, 1.82) is 0 Å². The van der Waals surface area contributed by atoms with Crippen LogP contribution in [0.3, 0.4) is 0 Å². The molecule has 0 aliphatic carbocycles. The molecule has 0 amide bonds. The molecule has 0 spiro atoms. The molecular formula is C17H25N3O. The summed E-state index contributed by atoms with van der Waals surface area (Å²) in [7, 11) is 0. The molecule has 1 N–H and O–H groups in total. The molecule has 0 fully saturated rings. The first kappa shape index (κ1) is 15.6. The zero-order chi connectivity index (χ0) is 15.1. The molecule has 1 heterocycles. The summed E-state index contributed by atoms with van der Waals surface area (Å²) in [6.07, 6.45) is 3.89. The third kappa shape index (κ3) is 4.90. The number of benzene rings is 1. The summed E-state index contributed by atoms with van der Waals surface area (Å²) in [6.45, 7) is 9.85. The third-order valence-electron chi connectivity index (χ3n) is 3.46. The molecular weight excluding hydrogens is 262 g/mol. The summed E-state index contributed by atoms with van der Waals surface area (Å²) in [6, 6.07) is 8.26. The van der Waals surface area contributed by atoms with Gasteiger partial charge in [-0.15, -0.1) is 0 Å². The highest BCUT2D eigenvalue weighted by Crippen LogP contribution is 2.13. The Balaban J connectivity index is 1.76. The van der Waals surface area contributed by atoms with Gasteiger partial charge in [0.25, 0.3) is 0 Å². The fourth-order valence-corrected chi connectivity index (χ4v) is 2.37. The van der Waals surface area contributed by atoms with Crippen molar-refractivity contribution in [2.45, 2.75) is 33.9 Å². The van der Waals surface area contributed by atoms with E-state index in [4.69, 9.17) is 4.74 Å². The summed E-state index contributed by atoms with van der Waals surface area (Å²) in [5.41, 5.74) is 1.26. The quantitative estimate of drug-likeness (QED) is 0.811. The summed E-state index contributed by atoms with van der Waals surface area (Å²) >= 11 is 0. The Morgan fingerprint density at radius 1 is 1.38 bits per heavy atom. The van der Waals surface area contributed by atoms with Gasteiger partial charge in [0.05, 0.1) is 6.61 Å². The van der Waals surface area contributed by atoms with Crippen LogP contribution in [0, 0.1) is 12.8 Å². The standard InChI is InChI=1S/C17H25N3O/c1-4-21-17-7-5-6-16(10-17)12-18-11-14(2)13-20-9-8-19-15(20)3/h5-10,14,18H,4,11-13H2,1-3H3. The van der Waals surface area contributed by atoms with E-state index in [1.165, 1.54) is 5.56 Å². The fourth-order valence-electron chi connectivity index (χ4n) is 2.37. The Morgan fingerprint density at radius 3 is 2.95 bits per heavy atom. The maximum absolute atomic E-state index is 5.52. The van der Waals surface area contributed by atoms with Crippen molar-refractivity contribution in [3.8, 4) is 5.75 Å². The Bertz CT molecular complexity index is 550. The van der Waals surface area contributed by atoms with Gasteiger partial charge in [-0.2, -0.15) is 0 Å². The SMILES string of the molecule is CCOc1cccc(CNCC(C)Cn2ccnc2C)c1. The smallest absolute Gasteiger partial charge is 0.119 e. The van der Waals surface area contributed by atoms with Crippen LogP contribution in [0.1, 0.15) is 25.2 Å². The summed E-state index contributed by atoms with van der Waals surface area (Å²) in [4.78, 5) is 4.25. The number of hydrogen-bond donors (Lipinski definition) is 1. The van der Waals surface area contributed by atoms with Gasteiger partial charge in [0, 0.05) is 25.5 Å². The zero-order valence-corrected chi connectivity index (χ0v) is 13.2. The molecule has 2 rings (SSSR count). The average Bonchev–Trinajstić information content (AvgIpc) is 2.85. The molecule has 1 aromatic carbocycles. The lowest BCUT2D eigenvalue weighted by Crippen LogP contribution is -2.24. The van der Waals surface area contributed by atoms with Crippen molar-refractivity contribution >= 4 is 0 Å². The molecule has 0 saturated heterocycles. The normalized spacial score (nSPS) is 12.3. The third-order valence-corrected chi connectivity index (χ3v) is 3.46. The van der Waals surface area contributed by atoms with Gasteiger partial charge in [0.1, 0.15) is 11.6 Å². The maximum Gasteiger partial charge on any atom is 0.119 e. The first-order valence-electron chi connectivity index (χ1n) is 7.59. The van der Waals surface area contributed by atoms with Gasteiger partial charge in [-0.1, -0.05) is 19.1 Å². The molecule has 4 heteroatoms. The molecule has 1 atom stereocenters. The van der Waals surface area contributed by atoms with Crippen LogP contribution in [0.2, 0.25) is 0 Å². The monoisotopic (exact) mass is 287 g/mol. The van der Waals surface area contributed by atoms with Crippen LogP contribution < -0.4 is 10.1 Å². The van der Waals surface area contributed by atoms with Crippen molar-refractivity contribution in [2.75, 3.05) is 13.2 Å². The summed E-state index contributed by atoms with van der Waals surface area (Å²) < 4.78 is 7.72. The van der Waals surface area contributed by atoms with E-state index in [-0.39, 0.29) is 0 Å². The van der Waals surface area contributed by atoms with E-state index in [1.807, 2.05) is 38.4 Å². The Kier molecular flexibility index (Phi) is 5.81. The van der Waals surface area contributed by atoms with Crippen molar-refractivity contribution in [3.63, 3.8) is 0 Å². The fraction of sp³-hybridized carbons (Fsp3) is 0.471. The molecule has 21 heavy (non-hydrogen) atoms. The van der Waals surface area contributed by atoms with E-state index in [0.717, 1.165) is 31.2 Å². The number of nitrogens with one attached hydrogen (secondary N) is 1. The van der Waals surface area contributed by atoms with Gasteiger partial charge in [-0.05, 0) is 44.0 Å². The highest BCUT2D eigenvalue weighted by Gasteiger charge is 2.05. The van der Waals surface area contributed by atoms with Crippen LogP contribution in [0.5, 0.6) is 5.75 Å². The van der Waals surface area contributed by atoms with Crippen LogP contribution in [-0.4, -0.2) is 22.7 Å². The highest BCUT2D eigenvalue weighted by molar-refractivity contribution is 5.28. The lowest BCUT2D eigenvalue weighted by molar-refractivity contribution is 0.339. The second-order valence-electron chi connectivity index (χ2n) is 5.44. The molecule has 0 aliphatic heterocycles. The van der Waals surface area contributed by atoms with Crippen LogP contribution in [0.15, 0.2) is 36.7 Å². The van der Waals surface area contributed by atoms with E-state index >= 15 is 0 Å². The Labute approximate surface area is 127 Å². The second-order valence-corrected chi connectivity index (χ2v) is 5.44. The molecule has 114 valence electrons. The van der Waals surface area contributed by atoms with E-state index < -0.39 is 0 Å². The number of rotatable bonds is 8. The average molecular weight is 287 g/mol. The first-order chi connectivity index (χ1) is 10.2. The molecule has 4 nitrogen and oxygen atoms in total. The van der Waals surface area contributed by atoms with Gasteiger partial charge in [0.15, 0.2) is 0 Å². The van der Waals surface area contributed by atoms with Gasteiger partial charge < -0.3 is 14.6 Å². The van der Waals surface area contributed by atoms with Gasteiger partial charge >= 0.3 is 0 Å². The van der Waals surface area contributed by atoms with E-state index in [9.17, 15) is 0 Å². The van der Waals surface area contributed by atoms with Crippen molar-refractivity contribution in [2.24, 2.45) is 5.92 Å². The zero-order valence-electron chi connectivity index (χ0n) is 13.2. The lowest BCUT2D eigenvalue weighted by atomic mass is 10.1. The van der Waals surface area contributed by atoms with Crippen molar-refractivity contribution in [1.82, 2.24) is 14.9 Å². The predicted octanol–water partition coefficient (Wildman–Crippen LogP) is 3.02. The lowest BCUT2D eigenvalue weighted by Gasteiger charge is -2.14. The minimum absolute atomic E-state index is 0.563.